The summed E-state index contributed by atoms with van der Waals surface area (Å²) in [5.41, 5.74) is -0.137. The number of hydrogen-bond acceptors (Lipinski definition) is 6. The third-order valence-electron chi connectivity index (χ3n) is 4.95. The Morgan fingerprint density at radius 1 is 1.41 bits per heavy atom. The van der Waals surface area contributed by atoms with Crippen molar-refractivity contribution in [3.05, 3.63) is 45.5 Å². The van der Waals surface area contributed by atoms with Gasteiger partial charge in [0.05, 0.1) is 16.4 Å². The number of non-ortho nitro benzene ring substituents is 1. The van der Waals surface area contributed by atoms with E-state index >= 15 is 0 Å². The zero-order chi connectivity index (χ0) is 19.6. The van der Waals surface area contributed by atoms with Gasteiger partial charge in [0.2, 0.25) is 0 Å². The summed E-state index contributed by atoms with van der Waals surface area (Å²) >= 11 is 1.21. The number of amides is 1. The number of nitro benzene ring substituents is 1. The molecule has 0 saturated heterocycles. The number of aliphatic carboxylic acids is 1. The van der Waals surface area contributed by atoms with Crippen LogP contribution in [0.5, 0.6) is 0 Å². The molecule has 1 aromatic heterocycles. The van der Waals surface area contributed by atoms with Crippen LogP contribution in [0.15, 0.2) is 29.6 Å². The zero-order valence-electron chi connectivity index (χ0n) is 14.7. The van der Waals surface area contributed by atoms with E-state index in [1.165, 1.54) is 23.5 Å². The van der Waals surface area contributed by atoms with Gasteiger partial charge < -0.3 is 10.4 Å². The molecule has 0 radical (unpaired) electrons. The Balaban J connectivity index is 1.80. The summed E-state index contributed by atoms with van der Waals surface area (Å²) in [5.74, 6) is -1.98. The van der Waals surface area contributed by atoms with Crippen molar-refractivity contribution in [1.29, 1.82) is 0 Å². The van der Waals surface area contributed by atoms with Crippen molar-refractivity contribution >= 4 is 28.9 Å². The standard InChI is InChI=1S/C18H19N3O5S/c1-18(8-3-2-7-13(18)17(23)24)20-15(22)14-10-27-16(19-14)11-5-4-6-12(9-11)21(25)26/h4-6,9-10,13H,2-3,7-8H2,1H3,(H,20,22)(H,23,24). The molecule has 8 nitrogen and oxygen atoms in total. The van der Waals surface area contributed by atoms with Gasteiger partial charge in [-0.25, -0.2) is 4.98 Å². The number of nitro groups is 1. The molecule has 2 aromatic rings. The minimum absolute atomic E-state index is 0.0484. The van der Waals surface area contributed by atoms with Crippen LogP contribution in [-0.4, -0.2) is 32.4 Å². The number of carboxylic acids is 1. The number of aromatic nitrogens is 1. The molecule has 142 valence electrons. The van der Waals surface area contributed by atoms with Crippen molar-refractivity contribution < 1.29 is 19.6 Å². The van der Waals surface area contributed by atoms with E-state index in [2.05, 4.69) is 10.3 Å². The number of nitrogens with one attached hydrogen (secondary N) is 1. The molecule has 9 heteroatoms. The summed E-state index contributed by atoms with van der Waals surface area (Å²) in [5, 5.41) is 25.3. The van der Waals surface area contributed by atoms with Gasteiger partial charge in [-0.05, 0) is 19.8 Å². The highest BCUT2D eigenvalue weighted by Gasteiger charge is 2.42. The van der Waals surface area contributed by atoms with Gasteiger partial charge in [0.1, 0.15) is 10.7 Å². The third-order valence-corrected chi connectivity index (χ3v) is 5.84. The Morgan fingerprint density at radius 3 is 2.89 bits per heavy atom. The molecule has 27 heavy (non-hydrogen) atoms. The van der Waals surface area contributed by atoms with E-state index in [9.17, 15) is 24.8 Å². The van der Waals surface area contributed by atoms with Crippen LogP contribution < -0.4 is 5.32 Å². The number of benzene rings is 1. The molecule has 1 saturated carbocycles. The maximum absolute atomic E-state index is 12.6. The maximum Gasteiger partial charge on any atom is 0.308 e. The SMILES string of the molecule is CC1(NC(=O)c2csc(-c3cccc([N+](=O)[O-])c3)n2)CCCCC1C(=O)O. The van der Waals surface area contributed by atoms with Gasteiger partial charge in [-0.3, -0.25) is 19.7 Å². The predicted molar refractivity (Wildman–Crippen MR) is 99.7 cm³/mol. The van der Waals surface area contributed by atoms with Crippen molar-refractivity contribution in [2.45, 2.75) is 38.1 Å². The largest absolute Gasteiger partial charge is 0.481 e. The summed E-state index contributed by atoms with van der Waals surface area (Å²) < 4.78 is 0. The molecule has 1 fully saturated rings. The molecule has 2 unspecified atom stereocenters. The van der Waals surface area contributed by atoms with Crippen LogP contribution in [0.4, 0.5) is 5.69 Å². The minimum atomic E-state index is -0.909. The highest BCUT2D eigenvalue weighted by molar-refractivity contribution is 7.13. The monoisotopic (exact) mass is 389 g/mol. The summed E-state index contributed by atoms with van der Waals surface area (Å²) in [4.78, 5) is 38.9. The van der Waals surface area contributed by atoms with E-state index in [-0.39, 0.29) is 11.4 Å². The quantitative estimate of drug-likeness (QED) is 0.596. The molecule has 1 aliphatic carbocycles. The number of carboxylic acid groups (broad SMARTS) is 1. The van der Waals surface area contributed by atoms with E-state index in [0.29, 0.717) is 23.4 Å². The molecule has 1 amide bonds. The van der Waals surface area contributed by atoms with Crippen LogP contribution in [-0.2, 0) is 4.79 Å². The highest BCUT2D eigenvalue weighted by Crippen LogP contribution is 2.34. The Bertz CT molecular complexity index is 897. The van der Waals surface area contributed by atoms with Gasteiger partial charge in [-0.1, -0.05) is 25.0 Å². The van der Waals surface area contributed by atoms with Gasteiger partial charge >= 0.3 is 5.97 Å². The number of nitrogens with zero attached hydrogens (tertiary/aromatic N) is 2. The van der Waals surface area contributed by atoms with Gasteiger partial charge in [0, 0.05) is 23.1 Å². The second-order valence-electron chi connectivity index (χ2n) is 6.85. The normalized spacial score (nSPS) is 22.2. The van der Waals surface area contributed by atoms with Crippen molar-refractivity contribution in [3.8, 4) is 10.6 Å². The average Bonchev–Trinajstić information content (AvgIpc) is 3.12. The van der Waals surface area contributed by atoms with E-state index in [1.54, 1.807) is 24.4 Å². The first kappa shape index (κ1) is 19.0. The Morgan fingerprint density at radius 2 is 2.19 bits per heavy atom. The van der Waals surface area contributed by atoms with Crippen LogP contribution in [0, 0.1) is 16.0 Å². The number of carbonyl (C=O) groups excluding carboxylic acids is 1. The molecule has 1 heterocycles. The third kappa shape index (κ3) is 3.97. The lowest BCUT2D eigenvalue weighted by Crippen LogP contribution is -2.55. The first-order valence-electron chi connectivity index (χ1n) is 8.56. The molecular formula is C18H19N3O5S. The van der Waals surface area contributed by atoms with Gasteiger partial charge in [0.15, 0.2) is 0 Å². The number of thiazole rings is 1. The van der Waals surface area contributed by atoms with Crippen LogP contribution in [0.25, 0.3) is 10.6 Å². The topological polar surface area (TPSA) is 122 Å². The van der Waals surface area contributed by atoms with Crippen molar-refractivity contribution in [1.82, 2.24) is 10.3 Å². The fraction of sp³-hybridized carbons (Fsp3) is 0.389. The van der Waals surface area contributed by atoms with Crippen LogP contribution in [0.3, 0.4) is 0 Å². The summed E-state index contributed by atoms with van der Waals surface area (Å²) in [7, 11) is 0. The van der Waals surface area contributed by atoms with Gasteiger partial charge in [-0.2, -0.15) is 0 Å². The van der Waals surface area contributed by atoms with E-state index < -0.39 is 28.3 Å². The van der Waals surface area contributed by atoms with E-state index in [4.69, 9.17) is 0 Å². The lowest BCUT2D eigenvalue weighted by molar-refractivity contribution is -0.384. The zero-order valence-corrected chi connectivity index (χ0v) is 15.5. The fourth-order valence-electron chi connectivity index (χ4n) is 3.47. The first-order valence-corrected chi connectivity index (χ1v) is 9.44. The molecule has 1 aliphatic rings. The second kappa shape index (κ2) is 7.43. The highest BCUT2D eigenvalue weighted by atomic mass is 32.1. The average molecular weight is 389 g/mol. The van der Waals surface area contributed by atoms with E-state index in [1.807, 2.05) is 0 Å². The first-order chi connectivity index (χ1) is 12.8. The molecule has 0 spiro atoms. The Labute approximate surface area is 159 Å². The van der Waals surface area contributed by atoms with Crippen molar-refractivity contribution in [2.24, 2.45) is 5.92 Å². The van der Waals surface area contributed by atoms with Crippen molar-refractivity contribution in [3.63, 3.8) is 0 Å². The Kier molecular flexibility index (Phi) is 5.22. The van der Waals surface area contributed by atoms with Gasteiger partial charge in [-0.15, -0.1) is 11.3 Å². The minimum Gasteiger partial charge on any atom is -0.481 e. The lowest BCUT2D eigenvalue weighted by atomic mass is 9.74. The Hall–Kier alpha value is -2.81. The lowest BCUT2D eigenvalue weighted by Gasteiger charge is -2.39. The van der Waals surface area contributed by atoms with Crippen LogP contribution >= 0.6 is 11.3 Å². The molecule has 2 atom stereocenters. The fourth-order valence-corrected chi connectivity index (χ4v) is 4.26. The number of hydrogen-bond donors (Lipinski definition) is 2. The smallest absolute Gasteiger partial charge is 0.308 e. The molecule has 0 bridgehead atoms. The maximum atomic E-state index is 12.6. The van der Waals surface area contributed by atoms with Gasteiger partial charge in [0.25, 0.3) is 11.6 Å². The predicted octanol–water partition coefficient (Wildman–Crippen LogP) is 3.48. The summed E-state index contributed by atoms with van der Waals surface area (Å²) in [6, 6.07) is 6.05. The second-order valence-corrected chi connectivity index (χ2v) is 7.71. The molecular weight excluding hydrogens is 370 g/mol. The molecule has 0 aliphatic heterocycles. The van der Waals surface area contributed by atoms with Crippen molar-refractivity contribution in [2.75, 3.05) is 0 Å². The summed E-state index contributed by atoms with van der Waals surface area (Å²) in [6.45, 7) is 1.76. The molecule has 1 aromatic carbocycles. The van der Waals surface area contributed by atoms with Crippen LogP contribution in [0.2, 0.25) is 0 Å². The summed E-state index contributed by atoms with van der Waals surface area (Å²) in [6.07, 6.45) is 2.81. The number of rotatable bonds is 5. The molecule has 3 rings (SSSR count). The van der Waals surface area contributed by atoms with Crippen LogP contribution in [0.1, 0.15) is 43.1 Å². The van der Waals surface area contributed by atoms with E-state index in [0.717, 1.165) is 12.8 Å². The molecule has 2 N–H and O–H groups in total. The number of carbonyl (C=O) groups is 2.